The highest BCUT2D eigenvalue weighted by Crippen LogP contribution is 2.23. The third-order valence-electron chi connectivity index (χ3n) is 5.03. The number of aromatic nitrogens is 3. The lowest BCUT2D eigenvalue weighted by molar-refractivity contribution is 0.0732. The summed E-state index contributed by atoms with van der Waals surface area (Å²) in [6.45, 7) is 9.58. The molecule has 0 radical (unpaired) electrons. The Morgan fingerprint density at radius 2 is 1.93 bits per heavy atom. The summed E-state index contributed by atoms with van der Waals surface area (Å²) >= 11 is 0. The Morgan fingerprint density at radius 3 is 2.59 bits per heavy atom. The molecule has 0 atom stereocenters. The lowest BCUT2D eigenvalue weighted by Crippen LogP contribution is -2.49. The van der Waals surface area contributed by atoms with E-state index in [1.54, 1.807) is 0 Å². The molecule has 1 amide bonds. The van der Waals surface area contributed by atoms with E-state index in [1.165, 1.54) is 0 Å². The second-order valence-corrected chi connectivity index (χ2v) is 7.17. The monoisotopic (exact) mass is 367 g/mol. The lowest BCUT2D eigenvalue weighted by Gasteiger charge is -2.33. The highest BCUT2D eigenvalue weighted by molar-refractivity contribution is 5.93. The normalized spacial score (nSPS) is 15.1. The number of benzene rings is 1. The second kappa shape index (κ2) is 7.06. The van der Waals surface area contributed by atoms with Crippen LogP contribution in [0.1, 0.15) is 42.9 Å². The first kappa shape index (κ1) is 17.6. The van der Waals surface area contributed by atoms with Crippen LogP contribution in [0.15, 0.2) is 34.7 Å². The topological polar surface area (TPSA) is 67.4 Å². The van der Waals surface area contributed by atoms with Gasteiger partial charge in [0.05, 0.1) is 5.69 Å². The van der Waals surface area contributed by atoms with Gasteiger partial charge in [0.25, 0.3) is 11.9 Å². The molecule has 1 aliphatic rings. The number of fused-ring (bicyclic) bond motifs is 1. The maximum absolute atomic E-state index is 13.0. The second-order valence-electron chi connectivity index (χ2n) is 7.17. The van der Waals surface area contributed by atoms with E-state index in [2.05, 4.69) is 28.8 Å². The van der Waals surface area contributed by atoms with E-state index in [4.69, 9.17) is 4.42 Å². The van der Waals surface area contributed by atoms with Gasteiger partial charge in [-0.3, -0.25) is 9.48 Å². The standard InChI is InChI=1S/C20H25N5O2/c1-4-25-17(13-16(22-25)14(2)3)19(26)23-9-11-24(12-10-23)20-21-15-7-5-6-8-18(15)27-20/h5-8,13-14H,4,9-12H2,1-3H3. The van der Waals surface area contributed by atoms with E-state index < -0.39 is 0 Å². The molecule has 1 saturated heterocycles. The molecule has 1 fully saturated rings. The van der Waals surface area contributed by atoms with Crippen LogP contribution in [0.4, 0.5) is 6.01 Å². The highest BCUT2D eigenvalue weighted by Gasteiger charge is 2.27. The fraction of sp³-hybridized carbons (Fsp3) is 0.450. The number of anilines is 1. The first-order valence-corrected chi connectivity index (χ1v) is 9.54. The Hall–Kier alpha value is -2.83. The van der Waals surface area contributed by atoms with E-state index in [0.717, 1.165) is 16.8 Å². The molecular weight excluding hydrogens is 342 g/mol. The minimum Gasteiger partial charge on any atom is -0.423 e. The van der Waals surface area contributed by atoms with E-state index in [9.17, 15) is 4.79 Å². The van der Waals surface area contributed by atoms with Gasteiger partial charge in [-0.05, 0) is 31.0 Å². The predicted molar refractivity (Wildman–Crippen MR) is 104 cm³/mol. The van der Waals surface area contributed by atoms with Crippen LogP contribution in [0, 0.1) is 0 Å². The van der Waals surface area contributed by atoms with Crippen LogP contribution < -0.4 is 4.90 Å². The number of piperazine rings is 1. The number of hydrogen-bond donors (Lipinski definition) is 0. The van der Waals surface area contributed by atoms with Gasteiger partial charge in [0.15, 0.2) is 5.58 Å². The molecule has 0 bridgehead atoms. The summed E-state index contributed by atoms with van der Waals surface area (Å²) in [6.07, 6.45) is 0. The summed E-state index contributed by atoms with van der Waals surface area (Å²) in [5.41, 5.74) is 3.29. The minimum absolute atomic E-state index is 0.0495. The molecule has 0 aliphatic carbocycles. The van der Waals surface area contributed by atoms with Gasteiger partial charge in [-0.1, -0.05) is 26.0 Å². The number of oxazole rings is 1. The molecule has 27 heavy (non-hydrogen) atoms. The van der Waals surface area contributed by atoms with Gasteiger partial charge in [0.2, 0.25) is 0 Å². The Balaban J connectivity index is 1.46. The van der Waals surface area contributed by atoms with E-state index >= 15 is 0 Å². The van der Waals surface area contributed by atoms with Crippen molar-refractivity contribution in [3.8, 4) is 0 Å². The summed E-state index contributed by atoms with van der Waals surface area (Å²) < 4.78 is 7.66. The smallest absolute Gasteiger partial charge is 0.298 e. The summed E-state index contributed by atoms with van der Waals surface area (Å²) in [5, 5.41) is 4.56. The first-order valence-electron chi connectivity index (χ1n) is 9.54. The van der Waals surface area contributed by atoms with Crippen molar-refractivity contribution < 1.29 is 9.21 Å². The number of rotatable bonds is 4. The van der Waals surface area contributed by atoms with Crippen molar-refractivity contribution in [1.82, 2.24) is 19.7 Å². The number of para-hydroxylation sites is 2. The van der Waals surface area contributed by atoms with E-state index in [1.807, 2.05) is 46.8 Å². The quantitative estimate of drug-likeness (QED) is 0.709. The predicted octanol–water partition coefficient (Wildman–Crippen LogP) is 3.13. The molecule has 4 rings (SSSR count). The van der Waals surface area contributed by atoms with E-state index in [0.29, 0.717) is 50.4 Å². The molecule has 0 unspecified atom stereocenters. The fourth-order valence-electron chi connectivity index (χ4n) is 3.39. The Labute approximate surface area is 158 Å². The highest BCUT2D eigenvalue weighted by atomic mass is 16.4. The van der Waals surface area contributed by atoms with Gasteiger partial charge >= 0.3 is 0 Å². The number of amides is 1. The van der Waals surface area contributed by atoms with Crippen LogP contribution in [-0.4, -0.2) is 51.8 Å². The largest absolute Gasteiger partial charge is 0.423 e. The third-order valence-corrected chi connectivity index (χ3v) is 5.03. The molecule has 0 saturated carbocycles. The van der Waals surface area contributed by atoms with Crippen LogP contribution in [0.3, 0.4) is 0 Å². The molecule has 142 valence electrons. The third kappa shape index (κ3) is 3.29. The Morgan fingerprint density at radius 1 is 1.19 bits per heavy atom. The molecule has 1 aliphatic heterocycles. The van der Waals surface area contributed by atoms with Crippen LogP contribution in [0.25, 0.3) is 11.1 Å². The van der Waals surface area contributed by atoms with Gasteiger partial charge < -0.3 is 14.2 Å². The van der Waals surface area contributed by atoms with Crippen LogP contribution in [0.2, 0.25) is 0 Å². The zero-order valence-corrected chi connectivity index (χ0v) is 16.1. The molecule has 7 heteroatoms. The van der Waals surface area contributed by atoms with Crippen molar-refractivity contribution in [2.24, 2.45) is 0 Å². The molecule has 3 aromatic rings. The number of carbonyl (C=O) groups is 1. The van der Waals surface area contributed by atoms with Gasteiger partial charge in [0.1, 0.15) is 11.2 Å². The van der Waals surface area contributed by atoms with Crippen molar-refractivity contribution in [1.29, 1.82) is 0 Å². The molecule has 1 aromatic carbocycles. The van der Waals surface area contributed by atoms with Crippen molar-refractivity contribution in [2.75, 3.05) is 31.1 Å². The molecule has 3 heterocycles. The van der Waals surface area contributed by atoms with Crippen molar-refractivity contribution in [2.45, 2.75) is 33.2 Å². The Bertz CT molecular complexity index is 917. The molecule has 7 nitrogen and oxygen atoms in total. The van der Waals surface area contributed by atoms with Gasteiger partial charge in [0, 0.05) is 32.7 Å². The number of nitrogens with zero attached hydrogens (tertiary/aromatic N) is 5. The minimum atomic E-state index is 0.0495. The summed E-state index contributed by atoms with van der Waals surface area (Å²) in [5.74, 6) is 0.355. The number of carbonyl (C=O) groups excluding carboxylic acids is 1. The lowest BCUT2D eigenvalue weighted by atomic mass is 10.1. The summed E-state index contributed by atoms with van der Waals surface area (Å²) in [4.78, 5) is 21.6. The van der Waals surface area contributed by atoms with E-state index in [-0.39, 0.29) is 5.91 Å². The number of aryl methyl sites for hydroxylation is 1. The molecule has 0 N–H and O–H groups in total. The first-order chi connectivity index (χ1) is 13.1. The maximum Gasteiger partial charge on any atom is 0.298 e. The Kier molecular flexibility index (Phi) is 4.59. The molecule has 0 spiro atoms. The zero-order valence-electron chi connectivity index (χ0n) is 16.1. The average molecular weight is 367 g/mol. The number of hydrogen-bond acceptors (Lipinski definition) is 5. The molecule has 2 aromatic heterocycles. The van der Waals surface area contributed by atoms with Gasteiger partial charge in [-0.25, -0.2) is 0 Å². The van der Waals surface area contributed by atoms with Crippen molar-refractivity contribution in [3.05, 3.63) is 41.7 Å². The summed E-state index contributed by atoms with van der Waals surface area (Å²) in [7, 11) is 0. The van der Waals surface area contributed by atoms with Crippen LogP contribution in [0.5, 0.6) is 0 Å². The zero-order chi connectivity index (χ0) is 19.0. The summed E-state index contributed by atoms with van der Waals surface area (Å²) in [6, 6.07) is 10.3. The van der Waals surface area contributed by atoms with Gasteiger partial charge in [-0.2, -0.15) is 10.1 Å². The van der Waals surface area contributed by atoms with Crippen molar-refractivity contribution in [3.63, 3.8) is 0 Å². The van der Waals surface area contributed by atoms with Crippen molar-refractivity contribution >= 4 is 23.0 Å². The maximum atomic E-state index is 13.0. The molecular formula is C20H25N5O2. The average Bonchev–Trinajstić information content (AvgIpc) is 3.31. The van der Waals surface area contributed by atoms with Crippen LogP contribution in [-0.2, 0) is 6.54 Å². The fourth-order valence-corrected chi connectivity index (χ4v) is 3.39. The SMILES string of the molecule is CCn1nc(C(C)C)cc1C(=O)N1CCN(c2nc3ccccc3o2)CC1. The van der Waals surface area contributed by atoms with Crippen LogP contribution >= 0.6 is 0 Å². The van der Waals surface area contributed by atoms with Gasteiger partial charge in [-0.15, -0.1) is 0 Å².